The van der Waals surface area contributed by atoms with Gasteiger partial charge in [-0.3, -0.25) is 0 Å². The van der Waals surface area contributed by atoms with Crippen molar-refractivity contribution in [2.24, 2.45) is 5.41 Å². The molecular formula is C28H43Y-. The Kier molecular flexibility index (Phi) is 16.8. The maximum absolute atomic E-state index is 2.23. The molecular weight excluding hydrogens is 425 g/mol. The largest absolute Gasteiger partial charge is 0.358 e. The molecule has 0 aliphatic rings. The first-order valence-electron chi connectivity index (χ1n) is 9.48. The van der Waals surface area contributed by atoms with Gasteiger partial charge in [0.15, 0.2) is 0 Å². The van der Waals surface area contributed by atoms with Gasteiger partial charge in [-0.1, -0.05) is 134 Å². The summed E-state index contributed by atoms with van der Waals surface area (Å²) in [5.41, 5.74) is 3.52. The molecule has 1 radical (unpaired) electrons. The van der Waals surface area contributed by atoms with E-state index in [0.29, 0.717) is 5.41 Å². The molecule has 0 saturated heterocycles. The minimum absolute atomic E-state index is 0. The van der Waals surface area contributed by atoms with E-state index in [1.807, 2.05) is 0 Å². The summed E-state index contributed by atoms with van der Waals surface area (Å²) in [5, 5.41) is 2.62. The molecule has 0 atom stereocenters. The predicted octanol–water partition coefficient (Wildman–Crippen LogP) is 9.27. The van der Waals surface area contributed by atoms with Crippen LogP contribution in [-0.4, -0.2) is 0 Å². The normalized spacial score (nSPS) is 9.93. The zero-order chi connectivity index (χ0) is 19.8. The van der Waals surface area contributed by atoms with Crippen LogP contribution in [0.3, 0.4) is 0 Å². The Labute approximate surface area is 207 Å². The van der Waals surface area contributed by atoms with Gasteiger partial charge in [-0.05, 0) is 34.1 Å². The zero-order valence-electron chi connectivity index (χ0n) is 19.5. The zero-order valence-corrected chi connectivity index (χ0v) is 22.3. The van der Waals surface area contributed by atoms with Crippen LogP contribution < -0.4 is 0 Å². The van der Waals surface area contributed by atoms with E-state index < -0.39 is 0 Å². The molecule has 0 aliphatic carbocycles. The summed E-state index contributed by atoms with van der Waals surface area (Å²) in [6, 6.07) is 25.5. The second-order valence-electron chi connectivity index (χ2n) is 9.46. The van der Waals surface area contributed by atoms with Crippen molar-refractivity contribution >= 4 is 10.8 Å². The predicted molar refractivity (Wildman–Crippen MR) is 132 cm³/mol. The van der Waals surface area contributed by atoms with Crippen molar-refractivity contribution in [3.8, 4) is 0 Å². The first-order valence-corrected chi connectivity index (χ1v) is 9.48. The van der Waals surface area contributed by atoms with Gasteiger partial charge < -0.3 is 7.43 Å². The molecule has 0 saturated carbocycles. The molecule has 0 fully saturated rings. The first kappa shape index (κ1) is 32.7. The van der Waals surface area contributed by atoms with E-state index in [0.717, 1.165) is 0 Å². The fourth-order valence-electron chi connectivity index (χ4n) is 2.19. The molecule has 0 amide bonds. The summed E-state index contributed by atoms with van der Waals surface area (Å²) in [5.74, 6) is 0. The van der Waals surface area contributed by atoms with Gasteiger partial charge in [0.1, 0.15) is 0 Å². The van der Waals surface area contributed by atoms with E-state index in [1.54, 1.807) is 0 Å². The summed E-state index contributed by atoms with van der Waals surface area (Å²) in [4.78, 5) is 0. The van der Waals surface area contributed by atoms with Gasteiger partial charge in [-0.15, -0.1) is 0 Å². The Morgan fingerprint density at radius 2 is 0.828 bits per heavy atom. The Morgan fingerprint density at radius 1 is 0.552 bits per heavy atom. The summed E-state index contributed by atoms with van der Waals surface area (Å²) >= 11 is 0. The van der Waals surface area contributed by atoms with Crippen LogP contribution in [0.4, 0.5) is 0 Å². The van der Waals surface area contributed by atoms with E-state index >= 15 is 0 Å². The molecule has 159 valence electrons. The fourth-order valence-corrected chi connectivity index (χ4v) is 2.19. The number of benzene rings is 3. The monoisotopic (exact) mass is 468 g/mol. The Balaban J connectivity index is -0.000000353. The van der Waals surface area contributed by atoms with Crippen molar-refractivity contribution in [3.63, 3.8) is 0 Å². The number of fused-ring (bicyclic) bond motifs is 1. The van der Waals surface area contributed by atoms with Crippen molar-refractivity contribution in [3.05, 3.63) is 91.3 Å². The minimum Gasteiger partial charge on any atom is -0.358 e. The van der Waals surface area contributed by atoms with Crippen LogP contribution in [0.2, 0.25) is 0 Å². The van der Waals surface area contributed by atoms with Crippen molar-refractivity contribution in [2.45, 2.75) is 68.2 Å². The molecule has 29 heavy (non-hydrogen) atoms. The van der Waals surface area contributed by atoms with Crippen LogP contribution in [0.5, 0.6) is 0 Å². The van der Waals surface area contributed by atoms with Crippen molar-refractivity contribution < 1.29 is 32.7 Å². The van der Waals surface area contributed by atoms with Crippen molar-refractivity contribution in [2.75, 3.05) is 0 Å². The molecule has 0 nitrogen and oxygen atoms in total. The second kappa shape index (κ2) is 14.9. The van der Waals surface area contributed by atoms with E-state index in [-0.39, 0.29) is 53.0 Å². The standard InChI is InChI=1S/C11H16.C10H8.C5H12.CH4.CH3.Y/c1-9-5-7-10(8-6-9)11(2,3)4;1-2-6-10-8-4-3-7-9(10)5-1;1-5(2,3)4;;;/h5-8H,1-4H3;1-8H;1-4H3;1H4;1H3;/q;;;;-1;. The number of aryl methyl sites for hydroxylation is 1. The van der Waals surface area contributed by atoms with E-state index in [2.05, 4.69) is 128 Å². The molecule has 0 aromatic heterocycles. The third-order valence-electron chi connectivity index (χ3n) is 3.58. The van der Waals surface area contributed by atoms with E-state index in [1.165, 1.54) is 21.9 Å². The molecule has 0 N–H and O–H groups in total. The van der Waals surface area contributed by atoms with Crippen LogP contribution in [0, 0.1) is 19.8 Å². The second-order valence-corrected chi connectivity index (χ2v) is 9.46. The molecule has 1 heteroatoms. The van der Waals surface area contributed by atoms with Gasteiger partial charge in [0.05, 0.1) is 0 Å². The number of rotatable bonds is 0. The Bertz CT molecular complexity index is 700. The average molecular weight is 469 g/mol. The molecule has 0 aliphatic heterocycles. The summed E-state index contributed by atoms with van der Waals surface area (Å²) in [7, 11) is 0. The minimum atomic E-state index is 0. The van der Waals surface area contributed by atoms with Crippen LogP contribution in [0.25, 0.3) is 10.8 Å². The molecule has 0 spiro atoms. The maximum atomic E-state index is 2.23. The third kappa shape index (κ3) is 15.5. The van der Waals surface area contributed by atoms with Gasteiger partial charge in [0, 0.05) is 32.7 Å². The van der Waals surface area contributed by atoms with Crippen LogP contribution in [0.1, 0.15) is 67.0 Å². The third-order valence-corrected chi connectivity index (χ3v) is 3.58. The SMILES string of the molecule is C.CC(C)(C)C.Cc1ccc(C(C)(C)C)cc1.[CH3-].[Y].c1ccc2ccccc2c1. The summed E-state index contributed by atoms with van der Waals surface area (Å²) in [6.45, 7) is 17.6. The van der Waals surface area contributed by atoms with E-state index in [9.17, 15) is 0 Å². The fraction of sp³-hybridized carbons (Fsp3) is 0.393. The number of hydrogen-bond donors (Lipinski definition) is 0. The molecule has 3 aromatic rings. The molecule has 0 unspecified atom stereocenters. The van der Waals surface area contributed by atoms with Crippen LogP contribution >= 0.6 is 0 Å². The summed E-state index contributed by atoms with van der Waals surface area (Å²) < 4.78 is 0. The topological polar surface area (TPSA) is 0 Å². The molecule has 3 rings (SSSR count). The van der Waals surface area contributed by atoms with Crippen LogP contribution in [-0.2, 0) is 38.1 Å². The molecule has 0 heterocycles. The average Bonchev–Trinajstić information content (AvgIpc) is 2.54. The van der Waals surface area contributed by atoms with Crippen molar-refractivity contribution in [1.29, 1.82) is 0 Å². The Morgan fingerprint density at radius 3 is 1.07 bits per heavy atom. The molecule has 3 aromatic carbocycles. The van der Waals surface area contributed by atoms with Gasteiger partial charge in [-0.25, -0.2) is 0 Å². The quantitative estimate of drug-likeness (QED) is 0.288. The van der Waals surface area contributed by atoms with Gasteiger partial charge in [-0.2, -0.15) is 0 Å². The van der Waals surface area contributed by atoms with Crippen LogP contribution in [0.15, 0.2) is 72.8 Å². The van der Waals surface area contributed by atoms with Gasteiger partial charge >= 0.3 is 0 Å². The van der Waals surface area contributed by atoms with E-state index in [4.69, 9.17) is 0 Å². The Hall–Kier alpha value is -0.976. The first-order chi connectivity index (χ1) is 12.0. The van der Waals surface area contributed by atoms with Gasteiger partial charge in [0.25, 0.3) is 0 Å². The smallest absolute Gasteiger partial charge is 0 e. The van der Waals surface area contributed by atoms with Crippen molar-refractivity contribution in [1.82, 2.24) is 0 Å². The van der Waals surface area contributed by atoms with Gasteiger partial charge in [0.2, 0.25) is 0 Å². The maximum Gasteiger partial charge on any atom is 0 e. The summed E-state index contributed by atoms with van der Waals surface area (Å²) in [6.07, 6.45) is 0. The molecule has 0 bridgehead atoms. The number of hydrogen-bond acceptors (Lipinski definition) is 0.